The molecule has 0 saturated carbocycles. The van der Waals surface area contributed by atoms with Crippen LogP contribution < -0.4 is 0 Å². The molecule has 0 aliphatic carbocycles. The summed E-state index contributed by atoms with van der Waals surface area (Å²) in [5.41, 5.74) is 1.54. The van der Waals surface area contributed by atoms with Crippen LogP contribution in [-0.4, -0.2) is 24.2 Å². The Hall–Kier alpha value is -0.410. The average Bonchev–Trinajstić information content (AvgIpc) is 2.64. The molecule has 0 aliphatic rings. The molecular formula is C13H23NOS. The maximum absolute atomic E-state index is 5.07. The summed E-state index contributed by atoms with van der Waals surface area (Å²) in [5.74, 6) is 1.53. The van der Waals surface area contributed by atoms with Crippen LogP contribution in [0.4, 0.5) is 0 Å². The van der Waals surface area contributed by atoms with Gasteiger partial charge in [0.25, 0.3) is 0 Å². The molecule has 1 rings (SSSR count). The molecule has 3 heteroatoms. The van der Waals surface area contributed by atoms with Gasteiger partial charge in [-0.2, -0.15) is 12.6 Å². The van der Waals surface area contributed by atoms with E-state index in [-0.39, 0.29) is 0 Å². The molecule has 1 unspecified atom stereocenters. The van der Waals surface area contributed by atoms with Crippen molar-refractivity contribution in [1.82, 2.24) is 4.90 Å². The number of rotatable bonds is 5. The van der Waals surface area contributed by atoms with E-state index in [9.17, 15) is 0 Å². The minimum atomic E-state index is 0.312. The molecular weight excluding hydrogens is 218 g/mol. The normalized spacial score (nSPS) is 14.4. The van der Waals surface area contributed by atoms with Gasteiger partial charge in [0.1, 0.15) is 0 Å². The van der Waals surface area contributed by atoms with Crippen LogP contribution >= 0.6 is 12.6 Å². The SMILES string of the molecule is CN(Cc1ccoc1)CC(CS)C(C)(C)C. The van der Waals surface area contributed by atoms with E-state index in [1.165, 1.54) is 5.56 Å². The van der Waals surface area contributed by atoms with Crippen molar-refractivity contribution in [1.29, 1.82) is 0 Å². The summed E-state index contributed by atoms with van der Waals surface area (Å²) in [5, 5.41) is 0. The van der Waals surface area contributed by atoms with E-state index in [2.05, 4.69) is 45.3 Å². The van der Waals surface area contributed by atoms with Gasteiger partial charge in [0, 0.05) is 18.7 Å². The second kappa shape index (κ2) is 5.78. The lowest BCUT2D eigenvalue weighted by Gasteiger charge is -2.32. The molecule has 1 heterocycles. The number of hydrogen-bond donors (Lipinski definition) is 1. The summed E-state index contributed by atoms with van der Waals surface area (Å²) in [7, 11) is 2.15. The Morgan fingerprint density at radius 2 is 2.12 bits per heavy atom. The number of furan rings is 1. The number of nitrogens with zero attached hydrogens (tertiary/aromatic N) is 1. The van der Waals surface area contributed by atoms with Gasteiger partial charge in [0.15, 0.2) is 0 Å². The van der Waals surface area contributed by atoms with Crippen LogP contribution in [0.1, 0.15) is 26.3 Å². The zero-order valence-electron chi connectivity index (χ0n) is 10.7. The van der Waals surface area contributed by atoms with Crippen molar-refractivity contribution in [3.05, 3.63) is 24.2 Å². The first-order valence-electron chi connectivity index (χ1n) is 5.74. The Labute approximate surface area is 104 Å². The zero-order chi connectivity index (χ0) is 12.2. The topological polar surface area (TPSA) is 16.4 Å². The van der Waals surface area contributed by atoms with E-state index < -0.39 is 0 Å². The van der Waals surface area contributed by atoms with Gasteiger partial charge in [-0.1, -0.05) is 20.8 Å². The van der Waals surface area contributed by atoms with Gasteiger partial charge >= 0.3 is 0 Å². The van der Waals surface area contributed by atoms with Gasteiger partial charge in [-0.25, -0.2) is 0 Å². The first-order chi connectivity index (χ1) is 7.43. The van der Waals surface area contributed by atoms with Gasteiger partial charge in [-0.3, -0.25) is 0 Å². The highest BCUT2D eigenvalue weighted by Gasteiger charge is 2.24. The van der Waals surface area contributed by atoms with E-state index in [4.69, 9.17) is 4.42 Å². The predicted molar refractivity (Wildman–Crippen MR) is 71.8 cm³/mol. The molecule has 0 saturated heterocycles. The highest BCUT2D eigenvalue weighted by molar-refractivity contribution is 7.80. The Morgan fingerprint density at radius 3 is 2.56 bits per heavy atom. The third-order valence-electron chi connectivity index (χ3n) is 3.01. The third-order valence-corrected chi connectivity index (χ3v) is 3.45. The smallest absolute Gasteiger partial charge is 0.0947 e. The molecule has 0 aromatic carbocycles. The van der Waals surface area contributed by atoms with E-state index >= 15 is 0 Å². The number of thiol groups is 1. The van der Waals surface area contributed by atoms with E-state index in [0.29, 0.717) is 11.3 Å². The summed E-state index contributed by atoms with van der Waals surface area (Å²) in [6.07, 6.45) is 3.53. The van der Waals surface area contributed by atoms with Gasteiger partial charge < -0.3 is 9.32 Å². The zero-order valence-corrected chi connectivity index (χ0v) is 11.6. The van der Waals surface area contributed by atoms with Crippen molar-refractivity contribution in [3.8, 4) is 0 Å². The fourth-order valence-corrected chi connectivity index (χ4v) is 2.40. The fourth-order valence-electron chi connectivity index (χ4n) is 1.74. The minimum absolute atomic E-state index is 0.312. The van der Waals surface area contributed by atoms with Crippen LogP contribution in [0.2, 0.25) is 0 Å². The van der Waals surface area contributed by atoms with Gasteiger partial charge in [-0.05, 0) is 30.2 Å². The quantitative estimate of drug-likeness (QED) is 0.796. The summed E-state index contributed by atoms with van der Waals surface area (Å²) >= 11 is 4.45. The van der Waals surface area contributed by atoms with Crippen molar-refractivity contribution in [2.24, 2.45) is 11.3 Å². The minimum Gasteiger partial charge on any atom is -0.472 e. The second-order valence-corrected chi connectivity index (χ2v) is 5.94. The molecule has 1 atom stereocenters. The van der Waals surface area contributed by atoms with Crippen molar-refractivity contribution >= 4 is 12.6 Å². The Bertz CT molecular complexity index is 289. The number of hydrogen-bond acceptors (Lipinski definition) is 3. The monoisotopic (exact) mass is 241 g/mol. The lowest BCUT2D eigenvalue weighted by atomic mass is 9.81. The van der Waals surface area contributed by atoms with Gasteiger partial charge in [0.2, 0.25) is 0 Å². The third kappa shape index (κ3) is 4.22. The molecule has 0 bridgehead atoms. The van der Waals surface area contributed by atoms with Gasteiger partial charge in [-0.15, -0.1) is 0 Å². The molecule has 92 valence electrons. The van der Waals surface area contributed by atoms with Crippen molar-refractivity contribution in [2.75, 3.05) is 19.3 Å². The van der Waals surface area contributed by atoms with Gasteiger partial charge in [0.05, 0.1) is 12.5 Å². The maximum Gasteiger partial charge on any atom is 0.0947 e. The summed E-state index contributed by atoms with van der Waals surface area (Å²) in [4.78, 5) is 2.33. The largest absolute Gasteiger partial charge is 0.472 e. The van der Waals surface area contributed by atoms with E-state index in [1.807, 2.05) is 12.3 Å². The highest BCUT2D eigenvalue weighted by Crippen LogP contribution is 2.27. The fraction of sp³-hybridized carbons (Fsp3) is 0.692. The lowest BCUT2D eigenvalue weighted by Crippen LogP contribution is -2.34. The first-order valence-corrected chi connectivity index (χ1v) is 6.37. The Balaban J connectivity index is 2.46. The van der Waals surface area contributed by atoms with Crippen LogP contribution in [0.15, 0.2) is 23.0 Å². The van der Waals surface area contributed by atoms with Crippen molar-refractivity contribution in [3.63, 3.8) is 0 Å². The summed E-state index contributed by atoms with van der Waals surface area (Å²) in [6, 6.07) is 2.02. The molecule has 2 nitrogen and oxygen atoms in total. The summed E-state index contributed by atoms with van der Waals surface area (Å²) in [6.45, 7) is 8.84. The molecule has 0 fully saturated rings. The molecule has 0 radical (unpaired) electrons. The molecule has 0 aliphatic heterocycles. The molecule has 16 heavy (non-hydrogen) atoms. The predicted octanol–water partition coefficient (Wildman–Crippen LogP) is 3.30. The Morgan fingerprint density at radius 1 is 1.44 bits per heavy atom. The first kappa shape index (κ1) is 13.7. The standard InChI is InChI=1S/C13H23NOS/c1-13(2,3)12(10-16)8-14(4)7-11-5-6-15-9-11/h5-6,9,12,16H,7-8,10H2,1-4H3. The van der Waals surface area contributed by atoms with Crippen LogP contribution in [0.5, 0.6) is 0 Å². The molecule has 0 amide bonds. The molecule has 1 aromatic rings. The van der Waals surface area contributed by atoms with Crippen LogP contribution in [0.25, 0.3) is 0 Å². The molecule has 0 spiro atoms. The lowest BCUT2D eigenvalue weighted by molar-refractivity contribution is 0.183. The molecule has 1 aromatic heterocycles. The van der Waals surface area contributed by atoms with E-state index in [0.717, 1.165) is 18.8 Å². The highest BCUT2D eigenvalue weighted by atomic mass is 32.1. The maximum atomic E-state index is 5.07. The summed E-state index contributed by atoms with van der Waals surface area (Å²) < 4.78 is 5.07. The van der Waals surface area contributed by atoms with E-state index in [1.54, 1.807) is 6.26 Å². The second-order valence-electron chi connectivity index (χ2n) is 5.57. The molecule has 0 N–H and O–H groups in total. The van der Waals surface area contributed by atoms with Crippen LogP contribution in [0.3, 0.4) is 0 Å². The Kier molecular flexibility index (Phi) is 4.93. The van der Waals surface area contributed by atoms with Crippen molar-refractivity contribution in [2.45, 2.75) is 27.3 Å². The van der Waals surface area contributed by atoms with Crippen LogP contribution in [0, 0.1) is 11.3 Å². The van der Waals surface area contributed by atoms with Crippen LogP contribution in [-0.2, 0) is 6.54 Å². The van der Waals surface area contributed by atoms with Crippen molar-refractivity contribution < 1.29 is 4.42 Å². The average molecular weight is 241 g/mol.